The molecule has 2 rings (SSSR count). The molecule has 2 aromatic rings. The average Bonchev–Trinajstić information content (AvgIpc) is 2.44. The Morgan fingerprint density at radius 1 is 0.909 bits per heavy atom. The molecule has 118 valence electrons. The van der Waals surface area contributed by atoms with Crippen LogP contribution in [0.4, 0.5) is 0 Å². The Morgan fingerprint density at radius 2 is 1.50 bits per heavy atom. The Bertz CT molecular complexity index is 758. The molecule has 0 aliphatic carbocycles. The maximum absolute atomic E-state index is 7.97. The molecule has 0 unspecified atom stereocenters. The summed E-state index contributed by atoms with van der Waals surface area (Å²) in [4.78, 5) is 0. The summed E-state index contributed by atoms with van der Waals surface area (Å²) in [5, 5.41) is 1.38. The highest BCUT2D eigenvalue weighted by Crippen LogP contribution is 2.32. The monoisotopic (exact) mass is 313 g/mol. The minimum atomic E-state index is -2.12. The second kappa shape index (κ2) is 5.70. The summed E-state index contributed by atoms with van der Waals surface area (Å²) in [6.07, 6.45) is 0. The van der Waals surface area contributed by atoms with Crippen LogP contribution >= 0.6 is 0 Å². The molecule has 0 atom stereocenters. The number of hydrogen-bond donors (Lipinski definition) is 0. The number of hydrogen-bond acceptors (Lipinski definition) is 0. The van der Waals surface area contributed by atoms with Crippen molar-refractivity contribution in [3.63, 3.8) is 0 Å². The summed E-state index contributed by atoms with van der Waals surface area (Å²) in [7, 11) is -1.37. The molecule has 0 aliphatic heterocycles. The smallest absolute Gasteiger partial charge is 0.0656 e. The first-order valence-electron chi connectivity index (χ1n) is 9.48. The summed E-state index contributed by atoms with van der Waals surface area (Å²) in [5.41, 5.74) is 4.48. The highest BCUT2D eigenvalue weighted by Gasteiger charge is 2.19. The van der Waals surface area contributed by atoms with Gasteiger partial charge in [-0.15, -0.1) is 0 Å². The van der Waals surface area contributed by atoms with E-state index in [0.29, 0.717) is 5.56 Å². The van der Waals surface area contributed by atoms with Gasteiger partial charge in [-0.1, -0.05) is 82.0 Å². The van der Waals surface area contributed by atoms with Gasteiger partial charge in [-0.2, -0.15) is 0 Å². The Hall–Kier alpha value is -1.34. The number of benzene rings is 2. The first kappa shape index (κ1) is 13.1. The van der Waals surface area contributed by atoms with E-state index in [9.17, 15) is 0 Å². The minimum Gasteiger partial charge on any atom is -0.0656 e. The van der Waals surface area contributed by atoms with Crippen molar-refractivity contribution in [3.05, 3.63) is 53.1 Å². The molecule has 0 fully saturated rings. The maximum atomic E-state index is 7.97. The molecule has 0 aliphatic rings. The van der Waals surface area contributed by atoms with E-state index in [0.717, 1.165) is 16.7 Å². The van der Waals surface area contributed by atoms with E-state index in [1.807, 2.05) is 13.0 Å². The Labute approximate surface area is 141 Å². The topological polar surface area (TPSA) is 0 Å². The number of aryl methyl sites for hydroxylation is 2. The number of rotatable bonds is 2. The molecule has 0 aromatic heterocycles. The van der Waals surface area contributed by atoms with Gasteiger partial charge in [0.15, 0.2) is 0 Å². The fraction of sp³-hybridized carbons (Fsp3) is 0.429. The van der Waals surface area contributed by atoms with Crippen LogP contribution in [0.1, 0.15) is 41.6 Å². The van der Waals surface area contributed by atoms with Crippen LogP contribution in [0.2, 0.25) is 19.6 Å². The van der Waals surface area contributed by atoms with Crippen molar-refractivity contribution >= 4 is 13.3 Å². The summed E-state index contributed by atoms with van der Waals surface area (Å²) in [6, 6.07) is 12.4. The third kappa shape index (κ3) is 3.52. The SMILES string of the molecule is [2H]C([2H])([2H])c1cc(C)c(C(C)(C)C)cc1-c1ccc([Si](C)(C)C)cc1. The molecule has 0 N–H and O–H groups in total. The van der Waals surface area contributed by atoms with Crippen molar-refractivity contribution in [2.75, 3.05) is 0 Å². The molecule has 0 spiro atoms. The Balaban J connectivity index is 2.70. The molecule has 0 bridgehead atoms. The summed E-state index contributed by atoms with van der Waals surface area (Å²) in [5.74, 6) is 0. The quantitative estimate of drug-likeness (QED) is 0.613. The van der Waals surface area contributed by atoms with Crippen LogP contribution in [-0.2, 0) is 5.41 Å². The first-order valence-corrected chi connectivity index (χ1v) is 11.5. The lowest BCUT2D eigenvalue weighted by Gasteiger charge is -2.24. The largest absolute Gasteiger partial charge is 0.0775 e. The lowest BCUT2D eigenvalue weighted by atomic mass is 9.81. The van der Waals surface area contributed by atoms with Crippen LogP contribution in [0.15, 0.2) is 36.4 Å². The fourth-order valence-electron chi connectivity index (χ4n) is 2.90. The second-order valence-electron chi connectivity index (χ2n) is 8.29. The van der Waals surface area contributed by atoms with Crippen molar-refractivity contribution in [1.82, 2.24) is 0 Å². The molecule has 2 aromatic carbocycles. The van der Waals surface area contributed by atoms with Gasteiger partial charge in [-0.05, 0) is 47.0 Å². The fourth-order valence-corrected chi connectivity index (χ4v) is 4.07. The Kier molecular flexibility index (Phi) is 3.40. The molecular weight excluding hydrogens is 280 g/mol. The highest BCUT2D eigenvalue weighted by atomic mass is 28.3. The lowest BCUT2D eigenvalue weighted by Crippen LogP contribution is -2.37. The zero-order valence-electron chi connectivity index (χ0n) is 18.0. The van der Waals surface area contributed by atoms with Gasteiger partial charge in [0.05, 0.1) is 8.07 Å². The lowest BCUT2D eigenvalue weighted by molar-refractivity contribution is 0.586. The molecule has 0 nitrogen and oxygen atoms in total. The van der Waals surface area contributed by atoms with E-state index < -0.39 is 14.9 Å². The van der Waals surface area contributed by atoms with Crippen molar-refractivity contribution < 1.29 is 4.11 Å². The van der Waals surface area contributed by atoms with E-state index >= 15 is 0 Å². The minimum absolute atomic E-state index is 0.0234. The van der Waals surface area contributed by atoms with Gasteiger partial charge in [0.2, 0.25) is 0 Å². The van der Waals surface area contributed by atoms with Gasteiger partial charge in [0.1, 0.15) is 0 Å². The summed E-state index contributed by atoms with van der Waals surface area (Å²) >= 11 is 0. The molecule has 0 saturated carbocycles. The first-order chi connectivity index (χ1) is 11.2. The Morgan fingerprint density at radius 3 is 1.95 bits per heavy atom. The molecule has 0 amide bonds. The zero-order chi connectivity index (χ0) is 19.2. The van der Waals surface area contributed by atoms with Crippen molar-refractivity contribution in [3.8, 4) is 11.1 Å². The van der Waals surface area contributed by atoms with Crippen LogP contribution in [0, 0.1) is 13.8 Å². The van der Waals surface area contributed by atoms with Crippen molar-refractivity contribution in [1.29, 1.82) is 0 Å². The van der Waals surface area contributed by atoms with Gasteiger partial charge in [-0.3, -0.25) is 0 Å². The van der Waals surface area contributed by atoms with Gasteiger partial charge in [0.25, 0.3) is 0 Å². The van der Waals surface area contributed by atoms with E-state index in [1.165, 1.54) is 10.8 Å². The van der Waals surface area contributed by atoms with Crippen LogP contribution in [0.25, 0.3) is 11.1 Å². The molecule has 0 radical (unpaired) electrons. The summed E-state index contributed by atoms with van der Waals surface area (Å²) in [6.45, 7) is 13.4. The third-order valence-electron chi connectivity index (χ3n) is 4.23. The third-order valence-corrected chi connectivity index (χ3v) is 6.30. The van der Waals surface area contributed by atoms with Gasteiger partial charge in [-0.25, -0.2) is 0 Å². The van der Waals surface area contributed by atoms with E-state index in [-0.39, 0.29) is 5.41 Å². The molecule has 0 heterocycles. The standard InChI is InChI=1S/C21H30Si/c1-15-13-16(2)20(21(3,4)5)14-19(15)17-9-11-18(12-10-17)22(6,7)8/h9-14H,1-8H3/i1D3. The predicted octanol–water partition coefficient (Wildman–Crippen LogP) is 5.81. The highest BCUT2D eigenvalue weighted by molar-refractivity contribution is 6.88. The van der Waals surface area contributed by atoms with E-state index in [4.69, 9.17) is 4.11 Å². The summed E-state index contributed by atoms with van der Waals surface area (Å²) < 4.78 is 23.9. The van der Waals surface area contributed by atoms with Crippen molar-refractivity contribution in [2.45, 2.75) is 59.6 Å². The van der Waals surface area contributed by atoms with Crippen LogP contribution in [0.3, 0.4) is 0 Å². The van der Waals surface area contributed by atoms with Gasteiger partial charge >= 0.3 is 0 Å². The van der Waals surface area contributed by atoms with Gasteiger partial charge in [0, 0.05) is 4.11 Å². The second-order valence-corrected chi connectivity index (χ2v) is 13.4. The van der Waals surface area contributed by atoms with E-state index in [1.54, 1.807) is 0 Å². The molecular formula is C21H30Si. The predicted molar refractivity (Wildman–Crippen MR) is 103 cm³/mol. The normalized spacial score (nSPS) is 15.1. The van der Waals surface area contributed by atoms with Crippen LogP contribution in [0.5, 0.6) is 0 Å². The van der Waals surface area contributed by atoms with Crippen LogP contribution < -0.4 is 5.19 Å². The average molecular weight is 314 g/mol. The van der Waals surface area contributed by atoms with Crippen molar-refractivity contribution in [2.24, 2.45) is 0 Å². The van der Waals surface area contributed by atoms with Gasteiger partial charge < -0.3 is 0 Å². The molecule has 1 heteroatoms. The van der Waals surface area contributed by atoms with Crippen LogP contribution in [-0.4, -0.2) is 8.07 Å². The molecule has 22 heavy (non-hydrogen) atoms. The maximum Gasteiger partial charge on any atom is 0.0775 e. The zero-order valence-corrected chi connectivity index (χ0v) is 16.0. The van der Waals surface area contributed by atoms with E-state index in [2.05, 4.69) is 70.7 Å². The molecule has 0 saturated heterocycles.